The molecule has 1 saturated heterocycles. The van der Waals surface area contributed by atoms with Crippen molar-refractivity contribution in [3.05, 3.63) is 47.5 Å². The number of hydrogen-bond donors (Lipinski definition) is 1. The second-order valence-corrected chi connectivity index (χ2v) is 7.48. The topological polar surface area (TPSA) is 75.6 Å². The van der Waals surface area contributed by atoms with E-state index in [4.69, 9.17) is 28.4 Å². The van der Waals surface area contributed by atoms with E-state index in [2.05, 4.69) is 0 Å². The van der Waals surface area contributed by atoms with Gasteiger partial charge in [0.05, 0.1) is 34.5 Å². The molecule has 30 heavy (non-hydrogen) atoms. The molecular formula is C23H30O7. The number of benzene rings is 2. The predicted octanol–water partition coefficient (Wildman–Crippen LogP) is 3.68. The van der Waals surface area contributed by atoms with Crippen molar-refractivity contribution < 1.29 is 33.5 Å². The van der Waals surface area contributed by atoms with E-state index in [1.807, 2.05) is 31.2 Å². The van der Waals surface area contributed by atoms with E-state index in [0.717, 1.165) is 5.56 Å². The quantitative estimate of drug-likeness (QED) is 0.735. The fraction of sp³-hybridized carbons (Fsp3) is 0.478. The van der Waals surface area contributed by atoms with Gasteiger partial charge in [0.1, 0.15) is 5.60 Å². The Balaban J connectivity index is 2.09. The molecule has 1 aliphatic rings. The van der Waals surface area contributed by atoms with Crippen LogP contribution in [0.2, 0.25) is 0 Å². The Bertz CT molecular complexity index is 895. The molecule has 0 saturated carbocycles. The second kappa shape index (κ2) is 8.34. The van der Waals surface area contributed by atoms with Crippen molar-refractivity contribution >= 4 is 0 Å². The first-order valence-electron chi connectivity index (χ1n) is 9.69. The Morgan fingerprint density at radius 2 is 1.33 bits per heavy atom. The van der Waals surface area contributed by atoms with Gasteiger partial charge in [0.15, 0.2) is 23.0 Å². The highest BCUT2D eigenvalue weighted by atomic mass is 16.7. The first-order chi connectivity index (χ1) is 14.3. The number of rotatable bonds is 7. The van der Waals surface area contributed by atoms with Crippen LogP contribution >= 0.6 is 0 Å². The Kier molecular flexibility index (Phi) is 6.17. The van der Waals surface area contributed by atoms with E-state index in [1.165, 1.54) is 7.11 Å². The van der Waals surface area contributed by atoms with Gasteiger partial charge < -0.3 is 33.5 Å². The largest absolute Gasteiger partial charge is 0.493 e. The molecule has 2 aromatic rings. The molecule has 1 N–H and O–H groups in total. The third-order valence-corrected chi connectivity index (χ3v) is 6.09. The molecule has 3 rings (SSSR count). The van der Waals surface area contributed by atoms with E-state index in [9.17, 15) is 5.11 Å². The summed E-state index contributed by atoms with van der Waals surface area (Å²) in [5.41, 5.74) is 0.126. The molecule has 0 aromatic heterocycles. The van der Waals surface area contributed by atoms with Crippen molar-refractivity contribution in [2.75, 3.05) is 35.5 Å². The SMILES string of the molecule is COc1ccc(C2OC(OC)(c3ccc(OC)c(OC)c3)C(C)(O)C2C)cc1OC. The molecule has 164 valence electrons. The minimum Gasteiger partial charge on any atom is -0.493 e. The molecule has 7 nitrogen and oxygen atoms in total. The van der Waals surface area contributed by atoms with Crippen LogP contribution in [0.5, 0.6) is 23.0 Å². The summed E-state index contributed by atoms with van der Waals surface area (Å²) in [7, 11) is 7.82. The third-order valence-electron chi connectivity index (χ3n) is 6.09. The zero-order valence-corrected chi connectivity index (χ0v) is 18.5. The maximum atomic E-state index is 11.6. The van der Waals surface area contributed by atoms with Gasteiger partial charge in [0.25, 0.3) is 0 Å². The molecule has 0 aliphatic carbocycles. The number of methoxy groups -OCH3 is 5. The molecule has 1 fully saturated rings. The van der Waals surface area contributed by atoms with E-state index < -0.39 is 17.5 Å². The van der Waals surface area contributed by atoms with Crippen LogP contribution in [-0.2, 0) is 15.3 Å². The van der Waals surface area contributed by atoms with Crippen LogP contribution in [0.25, 0.3) is 0 Å². The molecule has 2 aromatic carbocycles. The summed E-state index contributed by atoms with van der Waals surface area (Å²) in [5.74, 6) is 0.596. The molecule has 0 radical (unpaired) electrons. The molecule has 4 unspecified atom stereocenters. The van der Waals surface area contributed by atoms with E-state index in [0.29, 0.717) is 28.6 Å². The van der Waals surface area contributed by atoms with Crippen molar-refractivity contribution in [3.8, 4) is 23.0 Å². The third kappa shape index (κ3) is 3.27. The van der Waals surface area contributed by atoms with Crippen molar-refractivity contribution in [2.45, 2.75) is 31.3 Å². The van der Waals surface area contributed by atoms with Gasteiger partial charge in [-0.3, -0.25) is 0 Å². The lowest BCUT2D eigenvalue weighted by Gasteiger charge is -2.39. The van der Waals surface area contributed by atoms with Crippen LogP contribution in [0.3, 0.4) is 0 Å². The highest BCUT2D eigenvalue weighted by molar-refractivity contribution is 5.47. The summed E-state index contributed by atoms with van der Waals surface area (Å²) in [6, 6.07) is 10.9. The molecule has 4 atom stereocenters. The Labute approximate surface area is 177 Å². The molecule has 0 bridgehead atoms. The van der Waals surface area contributed by atoms with Gasteiger partial charge in [0, 0.05) is 18.6 Å². The maximum absolute atomic E-state index is 11.6. The van der Waals surface area contributed by atoms with Crippen LogP contribution in [0.4, 0.5) is 0 Å². The van der Waals surface area contributed by atoms with Crippen LogP contribution in [0, 0.1) is 5.92 Å². The van der Waals surface area contributed by atoms with E-state index in [-0.39, 0.29) is 5.92 Å². The molecule has 1 heterocycles. The highest BCUT2D eigenvalue weighted by Crippen LogP contribution is 2.57. The van der Waals surface area contributed by atoms with E-state index >= 15 is 0 Å². The number of ether oxygens (including phenoxy) is 6. The zero-order valence-electron chi connectivity index (χ0n) is 18.5. The molecule has 0 spiro atoms. The zero-order chi connectivity index (χ0) is 22.1. The first kappa shape index (κ1) is 22.2. The van der Waals surface area contributed by atoms with Crippen molar-refractivity contribution in [3.63, 3.8) is 0 Å². The minimum absolute atomic E-state index is 0.302. The summed E-state index contributed by atoms with van der Waals surface area (Å²) >= 11 is 0. The van der Waals surface area contributed by atoms with E-state index in [1.54, 1.807) is 47.5 Å². The van der Waals surface area contributed by atoms with Gasteiger partial charge in [-0.25, -0.2) is 0 Å². The number of aliphatic hydroxyl groups is 1. The van der Waals surface area contributed by atoms with Crippen LogP contribution in [0.1, 0.15) is 31.1 Å². The van der Waals surface area contributed by atoms with Gasteiger partial charge in [-0.1, -0.05) is 13.0 Å². The lowest BCUT2D eigenvalue weighted by molar-refractivity contribution is -0.286. The van der Waals surface area contributed by atoms with Crippen molar-refractivity contribution in [2.24, 2.45) is 5.92 Å². The Morgan fingerprint density at radius 3 is 1.87 bits per heavy atom. The van der Waals surface area contributed by atoms with Crippen LogP contribution < -0.4 is 18.9 Å². The molecule has 1 aliphatic heterocycles. The minimum atomic E-state index is -1.41. The summed E-state index contributed by atoms with van der Waals surface area (Å²) in [5, 5.41) is 11.6. The van der Waals surface area contributed by atoms with Gasteiger partial charge in [-0.2, -0.15) is 0 Å². The lowest BCUT2D eigenvalue weighted by atomic mass is 9.79. The average molecular weight is 418 g/mol. The fourth-order valence-corrected chi connectivity index (χ4v) is 4.15. The highest BCUT2D eigenvalue weighted by Gasteiger charge is 2.63. The van der Waals surface area contributed by atoms with Gasteiger partial charge in [0.2, 0.25) is 5.79 Å². The predicted molar refractivity (Wildman–Crippen MR) is 111 cm³/mol. The van der Waals surface area contributed by atoms with Gasteiger partial charge >= 0.3 is 0 Å². The smallest absolute Gasteiger partial charge is 0.225 e. The molecule has 7 heteroatoms. The lowest BCUT2D eigenvalue weighted by Crippen LogP contribution is -2.50. The first-order valence-corrected chi connectivity index (χ1v) is 9.69. The van der Waals surface area contributed by atoms with Crippen LogP contribution in [0.15, 0.2) is 36.4 Å². The fourth-order valence-electron chi connectivity index (χ4n) is 4.15. The summed E-state index contributed by atoms with van der Waals surface area (Å²) in [6.07, 6.45) is -0.451. The standard InChI is InChI=1S/C23H30O7/c1-14-21(15-8-10-17(25-3)19(12-15)27-5)30-23(29-7,22(14,2)24)16-9-11-18(26-4)20(13-16)28-6/h8-14,21,24H,1-7H3. The number of hydrogen-bond acceptors (Lipinski definition) is 7. The second-order valence-electron chi connectivity index (χ2n) is 7.48. The average Bonchev–Trinajstić information content (AvgIpc) is 2.98. The van der Waals surface area contributed by atoms with Crippen molar-refractivity contribution in [1.29, 1.82) is 0 Å². The van der Waals surface area contributed by atoms with Gasteiger partial charge in [-0.05, 0) is 42.8 Å². The normalized spacial score (nSPS) is 28.3. The Hall–Kier alpha value is -2.48. The summed E-state index contributed by atoms with van der Waals surface area (Å²) in [4.78, 5) is 0. The Morgan fingerprint density at radius 1 is 0.800 bits per heavy atom. The summed E-state index contributed by atoms with van der Waals surface area (Å²) < 4.78 is 33.9. The monoisotopic (exact) mass is 418 g/mol. The van der Waals surface area contributed by atoms with Crippen molar-refractivity contribution in [1.82, 2.24) is 0 Å². The molecule has 0 amide bonds. The van der Waals surface area contributed by atoms with Gasteiger partial charge in [-0.15, -0.1) is 0 Å². The summed E-state index contributed by atoms with van der Waals surface area (Å²) in [6.45, 7) is 3.65. The van der Waals surface area contributed by atoms with Crippen LogP contribution in [-0.4, -0.2) is 46.3 Å². The molecular weight excluding hydrogens is 388 g/mol. The maximum Gasteiger partial charge on any atom is 0.225 e.